The third kappa shape index (κ3) is 2.05. The van der Waals surface area contributed by atoms with Gasteiger partial charge in [-0.15, -0.1) is 0 Å². The summed E-state index contributed by atoms with van der Waals surface area (Å²) >= 11 is 5.92. The second-order valence-corrected chi connectivity index (χ2v) is 3.79. The zero-order valence-electron chi connectivity index (χ0n) is 7.79. The summed E-state index contributed by atoms with van der Waals surface area (Å²) in [5, 5.41) is 18.2. The second kappa shape index (κ2) is 3.97. The molecule has 0 spiro atoms. The molecule has 74 valence electrons. The van der Waals surface area contributed by atoms with Crippen molar-refractivity contribution < 1.29 is 5.11 Å². The number of benzene rings is 1. The van der Waals surface area contributed by atoms with Gasteiger partial charge in [0.15, 0.2) is 0 Å². The van der Waals surface area contributed by atoms with Crippen molar-refractivity contribution in [3.8, 4) is 6.07 Å². The molecule has 1 rings (SSSR count). The molecule has 0 radical (unpaired) electrons. The molecule has 4 heteroatoms. The highest BCUT2D eigenvalue weighted by molar-refractivity contribution is 6.31. The number of hydrogen-bond acceptors (Lipinski definition) is 3. The third-order valence-corrected chi connectivity index (χ3v) is 2.37. The Morgan fingerprint density at radius 2 is 2.29 bits per heavy atom. The topological polar surface area (TPSA) is 70.0 Å². The molecule has 0 heterocycles. The van der Waals surface area contributed by atoms with E-state index in [4.69, 9.17) is 27.7 Å². The van der Waals surface area contributed by atoms with E-state index in [0.717, 1.165) is 0 Å². The van der Waals surface area contributed by atoms with Crippen LogP contribution in [-0.2, 0) is 5.54 Å². The van der Waals surface area contributed by atoms with Gasteiger partial charge in [0.05, 0.1) is 23.8 Å². The molecule has 0 aromatic heterocycles. The Morgan fingerprint density at radius 1 is 1.64 bits per heavy atom. The standard InChI is InChI=1S/C10H11ClN2O/c1-10(13,6-14)8-4-7(5-12)2-3-9(8)11/h2-4,14H,6,13H2,1H3/t10-/m0/s1. The van der Waals surface area contributed by atoms with Crippen LogP contribution < -0.4 is 5.73 Å². The summed E-state index contributed by atoms with van der Waals surface area (Å²) in [6.07, 6.45) is 0. The molecule has 0 saturated carbocycles. The third-order valence-electron chi connectivity index (χ3n) is 2.04. The number of aliphatic hydroxyl groups is 1. The number of nitriles is 1. The van der Waals surface area contributed by atoms with Crippen LogP contribution in [0.15, 0.2) is 18.2 Å². The fraction of sp³-hybridized carbons (Fsp3) is 0.300. The quantitative estimate of drug-likeness (QED) is 0.775. The van der Waals surface area contributed by atoms with E-state index >= 15 is 0 Å². The zero-order valence-corrected chi connectivity index (χ0v) is 8.54. The lowest BCUT2D eigenvalue weighted by Gasteiger charge is -2.23. The number of hydrogen-bond donors (Lipinski definition) is 2. The van der Waals surface area contributed by atoms with Crippen LogP contribution in [0.5, 0.6) is 0 Å². The minimum Gasteiger partial charge on any atom is -0.394 e. The van der Waals surface area contributed by atoms with Crippen molar-refractivity contribution >= 4 is 11.6 Å². The van der Waals surface area contributed by atoms with Gasteiger partial charge in [-0.25, -0.2) is 0 Å². The molecule has 0 unspecified atom stereocenters. The monoisotopic (exact) mass is 210 g/mol. The van der Waals surface area contributed by atoms with Crippen LogP contribution in [0.1, 0.15) is 18.1 Å². The first-order valence-corrected chi connectivity index (χ1v) is 4.49. The first-order valence-electron chi connectivity index (χ1n) is 4.11. The molecule has 0 aliphatic carbocycles. The van der Waals surface area contributed by atoms with Gasteiger partial charge < -0.3 is 10.8 Å². The van der Waals surface area contributed by atoms with Gasteiger partial charge in [0.2, 0.25) is 0 Å². The molecule has 0 aliphatic heterocycles. The molecule has 3 N–H and O–H groups in total. The lowest BCUT2D eigenvalue weighted by atomic mass is 9.93. The lowest BCUT2D eigenvalue weighted by molar-refractivity contribution is 0.210. The molecule has 1 aromatic carbocycles. The average Bonchev–Trinajstić information content (AvgIpc) is 2.18. The fourth-order valence-electron chi connectivity index (χ4n) is 1.12. The van der Waals surface area contributed by atoms with E-state index in [9.17, 15) is 0 Å². The van der Waals surface area contributed by atoms with Crippen LogP contribution >= 0.6 is 11.6 Å². The Labute approximate surface area is 87.7 Å². The van der Waals surface area contributed by atoms with Crippen LogP contribution in [-0.4, -0.2) is 11.7 Å². The molecule has 1 atom stereocenters. The van der Waals surface area contributed by atoms with Crippen LogP contribution in [0.2, 0.25) is 5.02 Å². The first kappa shape index (κ1) is 11.0. The Balaban J connectivity index is 3.27. The van der Waals surface area contributed by atoms with Crippen LogP contribution in [0, 0.1) is 11.3 Å². The minimum absolute atomic E-state index is 0.221. The van der Waals surface area contributed by atoms with Gasteiger partial charge in [0.25, 0.3) is 0 Å². The summed E-state index contributed by atoms with van der Waals surface area (Å²) in [4.78, 5) is 0. The average molecular weight is 211 g/mol. The highest BCUT2D eigenvalue weighted by Crippen LogP contribution is 2.26. The largest absolute Gasteiger partial charge is 0.394 e. The number of nitrogens with two attached hydrogens (primary N) is 1. The van der Waals surface area contributed by atoms with Gasteiger partial charge in [-0.3, -0.25) is 0 Å². The molecular weight excluding hydrogens is 200 g/mol. The van der Waals surface area contributed by atoms with Crippen molar-refractivity contribution in [3.05, 3.63) is 34.3 Å². The van der Waals surface area contributed by atoms with E-state index in [1.807, 2.05) is 6.07 Å². The van der Waals surface area contributed by atoms with Crippen LogP contribution in [0.25, 0.3) is 0 Å². The molecule has 3 nitrogen and oxygen atoms in total. The second-order valence-electron chi connectivity index (χ2n) is 3.38. The fourth-order valence-corrected chi connectivity index (χ4v) is 1.45. The Bertz CT molecular complexity index is 382. The van der Waals surface area contributed by atoms with Gasteiger partial charge in [-0.05, 0) is 30.7 Å². The maximum Gasteiger partial charge on any atom is 0.0991 e. The van der Waals surface area contributed by atoms with Crippen LogP contribution in [0.4, 0.5) is 0 Å². The smallest absolute Gasteiger partial charge is 0.0991 e. The summed E-state index contributed by atoms with van der Waals surface area (Å²) in [7, 11) is 0. The number of rotatable bonds is 2. The van der Waals surface area contributed by atoms with E-state index < -0.39 is 5.54 Å². The summed E-state index contributed by atoms with van der Waals surface area (Å²) in [5.41, 5.74) is 5.97. The van der Waals surface area contributed by atoms with Gasteiger partial charge in [0.1, 0.15) is 0 Å². The molecule has 0 aliphatic rings. The van der Waals surface area contributed by atoms with Crippen molar-refractivity contribution in [1.29, 1.82) is 5.26 Å². The normalized spacial score (nSPS) is 14.5. The summed E-state index contributed by atoms with van der Waals surface area (Å²) in [6, 6.07) is 6.81. The van der Waals surface area contributed by atoms with Gasteiger partial charge in [0, 0.05) is 5.02 Å². The van der Waals surface area contributed by atoms with Gasteiger partial charge in [-0.1, -0.05) is 11.6 Å². The van der Waals surface area contributed by atoms with Crippen LogP contribution in [0.3, 0.4) is 0 Å². The van der Waals surface area contributed by atoms with Crippen molar-refractivity contribution in [2.45, 2.75) is 12.5 Å². The molecule has 0 saturated heterocycles. The van der Waals surface area contributed by atoms with Crippen molar-refractivity contribution in [2.75, 3.05) is 6.61 Å². The minimum atomic E-state index is -0.913. The maximum absolute atomic E-state index is 9.07. The SMILES string of the molecule is C[C@](N)(CO)c1cc(C#N)ccc1Cl. The predicted octanol–water partition coefficient (Wildman–Crippen LogP) is 1.38. The van der Waals surface area contributed by atoms with E-state index in [1.54, 1.807) is 25.1 Å². The Hall–Kier alpha value is -1.08. The predicted molar refractivity (Wildman–Crippen MR) is 54.8 cm³/mol. The Morgan fingerprint density at radius 3 is 2.79 bits per heavy atom. The maximum atomic E-state index is 9.07. The number of nitrogens with zero attached hydrogens (tertiary/aromatic N) is 1. The zero-order chi connectivity index (χ0) is 10.8. The van der Waals surface area contributed by atoms with E-state index in [0.29, 0.717) is 16.1 Å². The van der Waals surface area contributed by atoms with Crippen molar-refractivity contribution in [3.63, 3.8) is 0 Å². The first-order chi connectivity index (χ1) is 6.51. The molecule has 1 aromatic rings. The summed E-state index contributed by atoms with van der Waals surface area (Å²) < 4.78 is 0. The van der Waals surface area contributed by atoms with E-state index in [2.05, 4.69) is 0 Å². The Kier molecular flexibility index (Phi) is 3.12. The summed E-state index contributed by atoms with van der Waals surface area (Å²) in [5.74, 6) is 0. The molecule has 14 heavy (non-hydrogen) atoms. The summed E-state index contributed by atoms with van der Waals surface area (Å²) in [6.45, 7) is 1.44. The highest BCUT2D eigenvalue weighted by Gasteiger charge is 2.23. The molecule has 0 amide bonds. The van der Waals surface area contributed by atoms with Crippen molar-refractivity contribution in [1.82, 2.24) is 0 Å². The highest BCUT2D eigenvalue weighted by atomic mass is 35.5. The van der Waals surface area contributed by atoms with Crippen molar-refractivity contribution in [2.24, 2.45) is 5.73 Å². The molecule has 0 bridgehead atoms. The number of halogens is 1. The lowest BCUT2D eigenvalue weighted by Crippen LogP contribution is -2.37. The number of aliphatic hydroxyl groups excluding tert-OH is 1. The molecule has 0 fully saturated rings. The van der Waals surface area contributed by atoms with E-state index in [1.165, 1.54) is 0 Å². The van der Waals surface area contributed by atoms with Gasteiger partial charge in [-0.2, -0.15) is 5.26 Å². The van der Waals surface area contributed by atoms with Gasteiger partial charge >= 0.3 is 0 Å². The molecular formula is C10H11ClN2O. The van der Waals surface area contributed by atoms with E-state index in [-0.39, 0.29) is 6.61 Å².